The van der Waals surface area contributed by atoms with Gasteiger partial charge in [0.25, 0.3) is 0 Å². The van der Waals surface area contributed by atoms with Crippen LogP contribution in [0.5, 0.6) is 0 Å². The maximum atomic E-state index is 12.8. The second kappa shape index (κ2) is 8.93. The summed E-state index contributed by atoms with van der Waals surface area (Å²) >= 11 is 1.40. The molecule has 0 N–H and O–H groups in total. The van der Waals surface area contributed by atoms with Crippen molar-refractivity contribution in [3.63, 3.8) is 0 Å². The maximum Gasteiger partial charge on any atom is 0.234 e. The van der Waals surface area contributed by atoms with Gasteiger partial charge in [-0.25, -0.2) is 0 Å². The van der Waals surface area contributed by atoms with Gasteiger partial charge in [0.05, 0.1) is 25.0 Å². The molecule has 0 radical (unpaired) electrons. The van der Waals surface area contributed by atoms with E-state index in [4.69, 9.17) is 4.74 Å². The number of ether oxygens (including phenoxy) is 1. The van der Waals surface area contributed by atoms with Crippen molar-refractivity contribution in [1.29, 1.82) is 5.26 Å². The zero-order valence-corrected chi connectivity index (χ0v) is 17.0. The van der Waals surface area contributed by atoms with Crippen LogP contribution in [0.25, 0.3) is 0 Å². The van der Waals surface area contributed by atoms with Crippen molar-refractivity contribution in [2.24, 2.45) is 0 Å². The van der Waals surface area contributed by atoms with Crippen LogP contribution in [0.3, 0.4) is 0 Å². The number of anilines is 1. The van der Waals surface area contributed by atoms with Gasteiger partial charge < -0.3 is 14.5 Å². The van der Waals surface area contributed by atoms with Gasteiger partial charge in [0.2, 0.25) is 11.9 Å². The molecule has 0 spiro atoms. The highest BCUT2D eigenvalue weighted by Gasteiger charge is 2.38. The topological polar surface area (TPSA) is 87.3 Å². The number of carbonyl (C=O) groups is 1. The molecule has 1 aromatic heterocycles. The molecule has 27 heavy (non-hydrogen) atoms. The Hall–Kier alpha value is -1.79. The maximum absolute atomic E-state index is 12.8. The Labute approximate surface area is 164 Å². The first-order chi connectivity index (χ1) is 13.1. The van der Waals surface area contributed by atoms with Crippen molar-refractivity contribution in [2.75, 3.05) is 44.0 Å². The van der Waals surface area contributed by atoms with Gasteiger partial charge in [-0.2, -0.15) is 5.26 Å². The number of carbonyl (C=O) groups excluding carboxylic acids is 1. The highest BCUT2D eigenvalue weighted by atomic mass is 32.2. The molecular formula is C18H28N6O2S. The van der Waals surface area contributed by atoms with E-state index in [0.717, 1.165) is 62.8 Å². The van der Waals surface area contributed by atoms with Gasteiger partial charge in [-0.1, -0.05) is 31.0 Å². The van der Waals surface area contributed by atoms with Gasteiger partial charge >= 0.3 is 0 Å². The standard InChI is InChI=1S/C18H28N6O2S/c1-3-24-16(23-9-11-26-12-10-23)20-21-17(24)27-13-15(25)22(2)18(14-19)7-5-4-6-8-18/h3-13H2,1-2H3. The van der Waals surface area contributed by atoms with Crippen molar-refractivity contribution < 1.29 is 9.53 Å². The molecule has 1 saturated heterocycles. The van der Waals surface area contributed by atoms with Crippen molar-refractivity contribution in [3.8, 4) is 6.07 Å². The number of thioether (sulfide) groups is 1. The Kier molecular flexibility index (Phi) is 6.60. The average molecular weight is 393 g/mol. The van der Waals surface area contributed by atoms with Crippen LogP contribution in [0, 0.1) is 11.3 Å². The first-order valence-electron chi connectivity index (χ1n) is 9.68. The van der Waals surface area contributed by atoms with Gasteiger partial charge in [0.1, 0.15) is 5.54 Å². The highest BCUT2D eigenvalue weighted by Crippen LogP contribution is 2.33. The smallest absolute Gasteiger partial charge is 0.234 e. The van der Waals surface area contributed by atoms with Crippen LogP contribution in [0.1, 0.15) is 39.0 Å². The molecule has 2 fully saturated rings. The minimum absolute atomic E-state index is 0.0259. The molecule has 0 bridgehead atoms. The molecule has 0 atom stereocenters. The predicted octanol–water partition coefficient (Wildman–Crippen LogP) is 1.91. The van der Waals surface area contributed by atoms with Gasteiger partial charge in [0, 0.05) is 26.7 Å². The third-order valence-electron chi connectivity index (χ3n) is 5.54. The van der Waals surface area contributed by atoms with Crippen molar-refractivity contribution in [2.45, 2.75) is 56.3 Å². The molecule has 1 saturated carbocycles. The number of rotatable bonds is 6. The number of hydrogen-bond acceptors (Lipinski definition) is 7. The number of morpholine rings is 1. The molecular weight excluding hydrogens is 364 g/mol. The second-order valence-electron chi connectivity index (χ2n) is 7.07. The Morgan fingerprint density at radius 2 is 2.00 bits per heavy atom. The number of hydrogen-bond donors (Lipinski definition) is 0. The quantitative estimate of drug-likeness (QED) is 0.683. The fourth-order valence-corrected chi connectivity index (χ4v) is 4.69. The van der Waals surface area contributed by atoms with E-state index in [1.54, 1.807) is 11.9 Å². The molecule has 1 amide bonds. The molecule has 0 unspecified atom stereocenters. The SMILES string of the molecule is CCn1c(SCC(=O)N(C)C2(C#N)CCCCC2)nnc1N1CCOCC1. The number of nitrogens with zero attached hydrogens (tertiary/aromatic N) is 6. The van der Waals surface area contributed by atoms with Crippen molar-refractivity contribution in [1.82, 2.24) is 19.7 Å². The van der Waals surface area contributed by atoms with Crippen LogP contribution in [0.15, 0.2) is 5.16 Å². The highest BCUT2D eigenvalue weighted by molar-refractivity contribution is 7.99. The lowest BCUT2D eigenvalue weighted by molar-refractivity contribution is -0.131. The van der Waals surface area contributed by atoms with E-state index in [1.165, 1.54) is 11.8 Å². The van der Waals surface area contributed by atoms with Gasteiger partial charge in [-0.3, -0.25) is 9.36 Å². The number of nitriles is 1. The normalized spacial score (nSPS) is 19.5. The van der Waals surface area contributed by atoms with Crippen molar-refractivity contribution >= 4 is 23.6 Å². The fraction of sp³-hybridized carbons (Fsp3) is 0.778. The molecule has 9 heteroatoms. The van der Waals surface area contributed by atoms with E-state index in [2.05, 4.69) is 28.1 Å². The van der Waals surface area contributed by atoms with Crippen molar-refractivity contribution in [3.05, 3.63) is 0 Å². The molecule has 2 heterocycles. The molecule has 0 aromatic carbocycles. The first-order valence-corrected chi connectivity index (χ1v) is 10.7. The lowest BCUT2D eigenvalue weighted by atomic mass is 9.81. The molecule has 1 aliphatic heterocycles. The predicted molar refractivity (Wildman–Crippen MR) is 104 cm³/mol. The first kappa shape index (κ1) is 20.0. The summed E-state index contributed by atoms with van der Waals surface area (Å²) in [7, 11) is 1.77. The molecule has 1 aliphatic carbocycles. The monoisotopic (exact) mass is 392 g/mol. The minimum Gasteiger partial charge on any atom is -0.378 e. The summed E-state index contributed by atoms with van der Waals surface area (Å²) in [5.74, 6) is 1.08. The lowest BCUT2D eigenvalue weighted by Crippen LogP contribution is -2.50. The largest absolute Gasteiger partial charge is 0.378 e. The zero-order chi connectivity index (χ0) is 19.3. The van der Waals surface area contributed by atoms with Gasteiger partial charge in [0.15, 0.2) is 5.16 Å². The lowest BCUT2D eigenvalue weighted by Gasteiger charge is -2.39. The van der Waals surface area contributed by atoms with E-state index >= 15 is 0 Å². The van der Waals surface area contributed by atoms with E-state index < -0.39 is 5.54 Å². The van der Waals surface area contributed by atoms with E-state index in [-0.39, 0.29) is 11.7 Å². The Morgan fingerprint density at radius 3 is 2.63 bits per heavy atom. The molecule has 2 aliphatic rings. The van der Waals surface area contributed by atoms with Gasteiger partial charge in [-0.05, 0) is 19.8 Å². The van der Waals surface area contributed by atoms with Crippen LogP contribution in [-0.4, -0.2) is 70.2 Å². The summed E-state index contributed by atoms with van der Waals surface area (Å²) in [6.45, 7) is 5.79. The zero-order valence-electron chi connectivity index (χ0n) is 16.2. The Bertz CT molecular complexity index is 689. The van der Waals surface area contributed by atoms with Crippen LogP contribution in [0.4, 0.5) is 5.95 Å². The summed E-state index contributed by atoms with van der Waals surface area (Å²) in [5.41, 5.74) is -0.646. The summed E-state index contributed by atoms with van der Waals surface area (Å²) in [6.07, 6.45) is 4.69. The summed E-state index contributed by atoms with van der Waals surface area (Å²) in [4.78, 5) is 16.6. The van der Waals surface area contributed by atoms with Crippen LogP contribution in [0.2, 0.25) is 0 Å². The number of amides is 1. The Balaban J connectivity index is 1.65. The van der Waals surface area contributed by atoms with E-state index in [9.17, 15) is 10.1 Å². The molecule has 1 aromatic rings. The van der Waals surface area contributed by atoms with Crippen LogP contribution in [-0.2, 0) is 16.1 Å². The van der Waals surface area contributed by atoms with Gasteiger partial charge in [-0.15, -0.1) is 10.2 Å². The molecule has 8 nitrogen and oxygen atoms in total. The number of aromatic nitrogens is 3. The molecule has 148 valence electrons. The fourth-order valence-electron chi connectivity index (χ4n) is 3.78. The van der Waals surface area contributed by atoms with Crippen LogP contribution < -0.4 is 4.90 Å². The summed E-state index contributed by atoms with van der Waals surface area (Å²) in [5, 5.41) is 19.1. The third-order valence-corrected chi connectivity index (χ3v) is 6.49. The van der Waals surface area contributed by atoms with E-state index in [0.29, 0.717) is 13.2 Å². The second-order valence-corrected chi connectivity index (χ2v) is 8.01. The van der Waals surface area contributed by atoms with E-state index in [1.807, 2.05) is 4.57 Å². The van der Waals surface area contributed by atoms with Crippen LogP contribution >= 0.6 is 11.8 Å². The molecule has 3 rings (SSSR count). The average Bonchev–Trinajstić information content (AvgIpc) is 3.15. The Morgan fingerprint density at radius 1 is 1.30 bits per heavy atom. The minimum atomic E-state index is -0.646. The summed E-state index contributed by atoms with van der Waals surface area (Å²) in [6, 6.07) is 2.41. The summed E-state index contributed by atoms with van der Waals surface area (Å²) < 4.78 is 7.45. The third kappa shape index (κ3) is 4.22.